The van der Waals surface area contributed by atoms with Gasteiger partial charge in [0.2, 0.25) is 17.7 Å². The summed E-state index contributed by atoms with van der Waals surface area (Å²) in [5, 5.41) is 15.8. The van der Waals surface area contributed by atoms with Gasteiger partial charge in [0.15, 0.2) is 0 Å². The van der Waals surface area contributed by atoms with Gasteiger partial charge in [-0.3, -0.25) is 14.4 Å². The molecule has 7 nitrogen and oxygen atoms in total. The fourth-order valence-corrected chi connectivity index (χ4v) is 8.30. The third kappa shape index (κ3) is 4.02. The van der Waals surface area contributed by atoms with Gasteiger partial charge >= 0.3 is 0 Å². The van der Waals surface area contributed by atoms with Crippen molar-refractivity contribution in [3.63, 3.8) is 0 Å². The van der Waals surface area contributed by atoms with Crippen molar-refractivity contribution in [1.82, 2.24) is 10.2 Å². The van der Waals surface area contributed by atoms with Gasteiger partial charge in [-0.25, -0.2) is 0 Å². The van der Waals surface area contributed by atoms with Crippen molar-refractivity contribution in [1.29, 1.82) is 0 Å². The summed E-state index contributed by atoms with van der Waals surface area (Å²) in [6.45, 7) is 4.14. The number of hydrogen-bond acceptors (Lipinski definition) is 5. The van der Waals surface area contributed by atoms with E-state index in [0.29, 0.717) is 13.0 Å². The van der Waals surface area contributed by atoms with E-state index >= 15 is 0 Å². The molecule has 3 heterocycles. The van der Waals surface area contributed by atoms with Crippen molar-refractivity contribution in [2.45, 2.75) is 49.3 Å². The van der Waals surface area contributed by atoms with Gasteiger partial charge in [0.25, 0.3) is 0 Å². The Hall–Kier alpha value is -2.84. The third-order valence-electron chi connectivity index (χ3n) is 7.65. The zero-order chi connectivity index (χ0) is 24.7. The molecule has 3 amide bonds. The van der Waals surface area contributed by atoms with Gasteiger partial charge in [0.05, 0.1) is 23.2 Å². The zero-order valence-electron chi connectivity index (χ0n) is 20.0. The molecule has 35 heavy (non-hydrogen) atoms. The van der Waals surface area contributed by atoms with Crippen LogP contribution >= 0.6 is 11.8 Å². The summed E-state index contributed by atoms with van der Waals surface area (Å²) < 4.78 is -0.659. The predicted molar refractivity (Wildman–Crippen MR) is 136 cm³/mol. The lowest BCUT2D eigenvalue weighted by atomic mass is 9.70. The van der Waals surface area contributed by atoms with Gasteiger partial charge in [-0.2, -0.15) is 0 Å². The van der Waals surface area contributed by atoms with E-state index in [9.17, 15) is 19.5 Å². The van der Waals surface area contributed by atoms with Gasteiger partial charge in [0.1, 0.15) is 6.04 Å². The van der Waals surface area contributed by atoms with Gasteiger partial charge in [-0.1, -0.05) is 42.5 Å². The van der Waals surface area contributed by atoms with Gasteiger partial charge in [0, 0.05) is 24.0 Å². The van der Waals surface area contributed by atoms with E-state index < -0.39 is 22.6 Å². The first-order valence-electron chi connectivity index (χ1n) is 12.1. The number of carbonyl (C=O) groups is 3. The van der Waals surface area contributed by atoms with Crippen LogP contribution in [0.25, 0.3) is 0 Å². The zero-order valence-corrected chi connectivity index (χ0v) is 20.8. The largest absolute Gasteiger partial charge is 0.395 e. The summed E-state index contributed by atoms with van der Waals surface area (Å²) in [6, 6.07) is 14.8. The van der Waals surface area contributed by atoms with E-state index in [1.54, 1.807) is 11.8 Å². The number of benzene rings is 2. The van der Waals surface area contributed by atoms with Gasteiger partial charge in [-0.05, 0) is 49.4 Å². The molecule has 8 heteroatoms. The van der Waals surface area contributed by atoms with Crippen LogP contribution in [-0.2, 0) is 20.9 Å². The molecule has 2 aromatic rings. The Bertz CT molecular complexity index is 1160. The molecule has 2 unspecified atom stereocenters. The standard InChI is InChI=1S/C27H31N3O4S/c1-16-8-9-17(2)19(14-16)29-25(33)23-27-11-10-20(35-27)21(22(27)26(34)30(23)12-13-31)24(32)28-15-18-6-4-3-5-7-18/h3-9,14,20-23,31H,10-13,15H2,1-2H3,(H,28,32)(H,29,33)/t20-,21+,22-,23?,27?/m0/s1. The number of nitrogens with zero attached hydrogens (tertiary/aromatic N) is 1. The number of aliphatic hydroxyl groups is 1. The van der Waals surface area contributed by atoms with E-state index in [2.05, 4.69) is 10.6 Å². The Morgan fingerprint density at radius 2 is 1.91 bits per heavy atom. The van der Waals surface area contributed by atoms with Gasteiger partial charge < -0.3 is 20.6 Å². The van der Waals surface area contributed by atoms with Crippen LogP contribution < -0.4 is 10.6 Å². The molecule has 2 aromatic carbocycles. The SMILES string of the molecule is Cc1ccc(C)c(NC(=O)C2N(CCO)C(=O)[C@@H]3[C@H](C(=O)NCc4ccccc4)[C@@H]4CCC23S4)c1. The molecule has 3 aliphatic heterocycles. The maximum atomic E-state index is 13.7. The Labute approximate surface area is 209 Å². The quantitative estimate of drug-likeness (QED) is 0.551. The molecule has 3 fully saturated rings. The molecule has 0 radical (unpaired) electrons. The topological polar surface area (TPSA) is 98.7 Å². The Kier molecular flexibility index (Phi) is 6.36. The molecule has 3 aliphatic rings. The van der Waals surface area contributed by atoms with Crippen molar-refractivity contribution in [2.75, 3.05) is 18.5 Å². The van der Waals surface area contributed by atoms with E-state index in [0.717, 1.165) is 28.8 Å². The summed E-state index contributed by atoms with van der Waals surface area (Å²) in [4.78, 5) is 42.3. The molecule has 5 rings (SSSR count). The molecule has 3 saturated heterocycles. The molecule has 0 aliphatic carbocycles. The van der Waals surface area contributed by atoms with Crippen LogP contribution in [0.2, 0.25) is 0 Å². The Morgan fingerprint density at radius 1 is 1.14 bits per heavy atom. The normalized spacial score (nSPS) is 28.8. The Morgan fingerprint density at radius 3 is 2.66 bits per heavy atom. The number of carbonyl (C=O) groups excluding carboxylic acids is 3. The summed E-state index contributed by atoms with van der Waals surface area (Å²) >= 11 is 1.63. The van der Waals surface area contributed by atoms with Crippen molar-refractivity contribution in [3.05, 3.63) is 65.2 Å². The van der Waals surface area contributed by atoms with E-state index in [1.165, 1.54) is 4.90 Å². The number of likely N-dealkylation sites (tertiary alicyclic amines) is 1. The second-order valence-electron chi connectivity index (χ2n) is 9.82. The highest BCUT2D eigenvalue weighted by Crippen LogP contribution is 2.66. The van der Waals surface area contributed by atoms with Crippen LogP contribution in [0, 0.1) is 25.7 Å². The smallest absolute Gasteiger partial charge is 0.248 e. The number of nitrogens with one attached hydrogen (secondary N) is 2. The molecule has 1 spiro atoms. The van der Waals surface area contributed by atoms with Crippen molar-refractivity contribution >= 4 is 35.2 Å². The number of amides is 3. The van der Waals surface area contributed by atoms with Crippen LogP contribution in [0.4, 0.5) is 5.69 Å². The van der Waals surface area contributed by atoms with Gasteiger partial charge in [-0.15, -0.1) is 11.8 Å². The lowest BCUT2D eigenvalue weighted by molar-refractivity contribution is -0.139. The fourth-order valence-electron chi connectivity index (χ4n) is 6.08. The molecule has 5 atom stereocenters. The minimum atomic E-state index is -0.728. The number of aliphatic hydroxyl groups excluding tert-OH is 1. The number of β-amino-alcohol motifs (C(OH)–C–C–N with tert-alkyl or cyclic N) is 1. The van der Waals surface area contributed by atoms with E-state index in [-0.39, 0.29) is 36.1 Å². The summed E-state index contributed by atoms with van der Waals surface area (Å²) in [5.74, 6) is -1.63. The fraction of sp³-hybridized carbons (Fsp3) is 0.444. The number of hydrogen-bond donors (Lipinski definition) is 3. The number of anilines is 1. The first-order chi connectivity index (χ1) is 16.9. The first-order valence-corrected chi connectivity index (χ1v) is 13.0. The Balaban J connectivity index is 1.42. The van der Waals surface area contributed by atoms with Crippen LogP contribution in [0.15, 0.2) is 48.5 Å². The van der Waals surface area contributed by atoms with Crippen LogP contribution in [0.3, 0.4) is 0 Å². The molecule has 0 saturated carbocycles. The number of thioether (sulfide) groups is 1. The number of aryl methyl sites for hydroxylation is 2. The molecule has 184 valence electrons. The average Bonchev–Trinajstić information content (AvgIpc) is 3.48. The second-order valence-corrected chi connectivity index (χ2v) is 11.4. The molecular formula is C27H31N3O4S. The maximum Gasteiger partial charge on any atom is 0.248 e. The summed E-state index contributed by atoms with van der Waals surface area (Å²) in [6.07, 6.45) is 1.49. The third-order valence-corrected chi connectivity index (χ3v) is 9.60. The highest BCUT2D eigenvalue weighted by Gasteiger charge is 2.73. The predicted octanol–water partition coefficient (Wildman–Crippen LogP) is 2.64. The van der Waals surface area contributed by atoms with Crippen LogP contribution in [0.5, 0.6) is 0 Å². The first kappa shape index (κ1) is 23.9. The lowest BCUT2D eigenvalue weighted by Gasteiger charge is -2.34. The highest BCUT2D eigenvalue weighted by molar-refractivity contribution is 8.02. The van der Waals surface area contributed by atoms with Crippen LogP contribution in [-0.4, -0.2) is 56.9 Å². The summed E-state index contributed by atoms with van der Waals surface area (Å²) in [7, 11) is 0. The van der Waals surface area contributed by atoms with E-state index in [4.69, 9.17) is 0 Å². The van der Waals surface area contributed by atoms with Crippen molar-refractivity contribution < 1.29 is 19.5 Å². The maximum absolute atomic E-state index is 13.7. The number of fused-ring (bicyclic) bond motifs is 1. The monoisotopic (exact) mass is 493 g/mol. The molecular weight excluding hydrogens is 462 g/mol. The minimum absolute atomic E-state index is 0.00649. The molecule has 2 bridgehead atoms. The number of rotatable bonds is 7. The highest BCUT2D eigenvalue weighted by atomic mass is 32.2. The second kappa shape index (κ2) is 9.32. The minimum Gasteiger partial charge on any atom is -0.395 e. The lowest BCUT2D eigenvalue weighted by Crippen LogP contribution is -2.52. The average molecular weight is 494 g/mol. The van der Waals surface area contributed by atoms with Crippen LogP contribution in [0.1, 0.15) is 29.5 Å². The molecule has 0 aromatic heterocycles. The summed E-state index contributed by atoms with van der Waals surface area (Å²) in [5.41, 5.74) is 3.69. The molecule has 3 N–H and O–H groups in total. The van der Waals surface area contributed by atoms with Crippen molar-refractivity contribution in [3.8, 4) is 0 Å². The van der Waals surface area contributed by atoms with Crippen molar-refractivity contribution in [2.24, 2.45) is 11.8 Å². The van der Waals surface area contributed by atoms with E-state index in [1.807, 2.05) is 62.4 Å².